The van der Waals surface area contributed by atoms with Crippen LogP contribution in [0.4, 0.5) is 0 Å². The molecule has 1 aromatic carbocycles. The average molecular weight is 284 g/mol. The van der Waals surface area contributed by atoms with Crippen LogP contribution in [0.3, 0.4) is 0 Å². The maximum absolute atomic E-state index is 5.71. The van der Waals surface area contributed by atoms with Gasteiger partial charge in [-0.1, -0.05) is 12.2 Å². The second-order valence-electron chi connectivity index (χ2n) is 3.48. The predicted octanol–water partition coefficient (Wildman–Crippen LogP) is 2.58. The van der Waals surface area contributed by atoms with Gasteiger partial charge < -0.3 is 15.2 Å². The van der Waals surface area contributed by atoms with E-state index in [1.807, 2.05) is 24.3 Å². The van der Waals surface area contributed by atoms with Crippen molar-refractivity contribution in [1.29, 1.82) is 0 Å². The fourth-order valence-electron chi connectivity index (χ4n) is 1.57. The smallest absolute Gasteiger partial charge is 0.175 e. The fraction of sp³-hybridized carbons (Fsp3) is 0.333. The normalized spacial score (nSPS) is 15.1. The van der Waals surface area contributed by atoms with Gasteiger partial charge in [-0.15, -0.1) is 0 Å². The predicted molar refractivity (Wildman–Crippen MR) is 67.8 cm³/mol. The largest absolute Gasteiger partial charge is 0.489 e. The lowest BCUT2D eigenvalue weighted by Gasteiger charge is -2.11. The van der Waals surface area contributed by atoms with E-state index in [9.17, 15) is 0 Å². The number of hydrogen-bond acceptors (Lipinski definition) is 3. The summed E-state index contributed by atoms with van der Waals surface area (Å²) < 4.78 is 12.3. The van der Waals surface area contributed by atoms with Crippen LogP contribution in [-0.4, -0.2) is 19.8 Å². The minimum Gasteiger partial charge on any atom is -0.489 e. The molecule has 1 heterocycles. The summed E-state index contributed by atoms with van der Waals surface area (Å²) in [5.74, 6) is 1.59. The Morgan fingerprint density at radius 3 is 2.75 bits per heavy atom. The van der Waals surface area contributed by atoms with Crippen LogP contribution in [0.25, 0.3) is 6.08 Å². The summed E-state index contributed by atoms with van der Waals surface area (Å²) in [5.41, 5.74) is 6.45. The van der Waals surface area contributed by atoms with Crippen LogP contribution >= 0.6 is 15.9 Å². The summed E-state index contributed by atoms with van der Waals surface area (Å²) in [6.45, 7) is 1.90. The van der Waals surface area contributed by atoms with E-state index in [2.05, 4.69) is 15.9 Å². The first-order valence-corrected chi connectivity index (χ1v) is 6.07. The molecule has 16 heavy (non-hydrogen) atoms. The van der Waals surface area contributed by atoms with Crippen LogP contribution in [-0.2, 0) is 0 Å². The van der Waals surface area contributed by atoms with Crippen molar-refractivity contribution in [3.05, 3.63) is 28.2 Å². The molecule has 0 radical (unpaired) electrons. The molecule has 86 valence electrons. The van der Waals surface area contributed by atoms with Crippen molar-refractivity contribution in [1.82, 2.24) is 0 Å². The van der Waals surface area contributed by atoms with E-state index in [0.29, 0.717) is 19.8 Å². The van der Waals surface area contributed by atoms with Gasteiger partial charge >= 0.3 is 0 Å². The Bertz CT molecular complexity index is 404. The topological polar surface area (TPSA) is 44.5 Å². The second kappa shape index (κ2) is 5.37. The fourth-order valence-corrected chi connectivity index (χ4v) is 2.00. The van der Waals surface area contributed by atoms with Gasteiger partial charge in [0.05, 0.1) is 17.7 Å². The standard InChI is InChI=1S/C12H14BrNO2/c13-10-5-4-9(3-1-6-14)11-12(10)16-8-2-7-15-11/h1,3-5H,2,6-8,14H2/b3-1+. The van der Waals surface area contributed by atoms with Gasteiger partial charge in [0.25, 0.3) is 0 Å². The van der Waals surface area contributed by atoms with Gasteiger partial charge in [-0.2, -0.15) is 0 Å². The summed E-state index contributed by atoms with van der Waals surface area (Å²) in [6, 6.07) is 3.95. The number of hydrogen-bond donors (Lipinski definition) is 1. The van der Waals surface area contributed by atoms with Gasteiger partial charge in [-0.3, -0.25) is 0 Å². The van der Waals surface area contributed by atoms with Crippen molar-refractivity contribution in [2.75, 3.05) is 19.8 Å². The summed E-state index contributed by atoms with van der Waals surface area (Å²) >= 11 is 3.47. The molecule has 0 saturated heterocycles. The van der Waals surface area contributed by atoms with Crippen LogP contribution < -0.4 is 15.2 Å². The molecule has 0 bridgehead atoms. The molecule has 0 unspecified atom stereocenters. The molecule has 0 fully saturated rings. The van der Waals surface area contributed by atoms with Crippen molar-refractivity contribution in [2.45, 2.75) is 6.42 Å². The summed E-state index contributed by atoms with van der Waals surface area (Å²) in [4.78, 5) is 0. The number of nitrogens with two attached hydrogens (primary N) is 1. The minimum absolute atomic E-state index is 0.520. The molecule has 0 amide bonds. The summed E-state index contributed by atoms with van der Waals surface area (Å²) in [5, 5.41) is 0. The zero-order valence-corrected chi connectivity index (χ0v) is 10.5. The number of halogens is 1. The van der Waals surface area contributed by atoms with Crippen molar-refractivity contribution >= 4 is 22.0 Å². The van der Waals surface area contributed by atoms with Gasteiger partial charge in [0.2, 0.25) is 0 Å². The Kier molecular flexibility index (Phi) is 3.85. The monoisotopic (exact) mass is 283 g/mol. The number of fused-ring (bicyclic) bond motifs is 1. The molecule has 2 N–H and O–H groups in total. The molecule has 3 nitrogen and oxygen atoms in total. The lowest BCUT2D eigenvalue weighted by molar-refractivity contribution is 0.296. The van der Waals surface area contributed by atoms with E-state index < -0.39 is 0 Å². The van der Waals surface area contributed by atoms with E-state index >= 15 is 0 Å². The quantitative estimate of drug-likeness (QED) is 0.907. The van der Waals surface area contributed by atoms with Crippen LogP contribution in [0.2, 0.25) is 0 Å². The third kappa shape index (κ3) is 2.39. The number of rotatable bonds is 2. The van der Waals surface area contributed by atoms with Crippen molar-refractivity contribution < 1.29 is 9.47 Å². The molecule has 0 saturated carbocycles. The zero-order valence-electron chi connectivity index (χ0n) is 8.91. The van der Waals surface area contributed by atoms with E-state index in [0.717, 1.165) is 28.0 Å². The van der Waals surface area contributed by atoms with E-state index in [4.69, 9.17) is 15.2 Å². The van der Waals surface area contributed by atoms with Crippen molar-refractivity contribution in [2.24, 2.45) is 5.73 Å². The second-order valence-corrected chi connectivity index (χ2v) is 4.34. The third-order valence-corrected chi connectivity index (χ3v) is 2.93. The molecule has 2 rings (SSSR count). The van der Waals surface area contributed by atoms with Crippen LogP contribution in [0.15, 0.2) is 22.7 Å². The van der Waals surface area contributed by atoms with Gasteiger partial charge in [0, 0.05) is 18.5 Å². The number of benzene rings is 1. The molecule has 0 aromatic heterocycles. The lowest BCUT2D eigenvalue weighted by Crippen LogP contribution is -1.98. The van der Waals surface area contributed by atoms with Gasteiger partial charge in [0.1, 0.15) is 0 Å². The third-order valence-electron chi connectivity index (χ3n) is 2.31. The molecule has 0 spiro atoms. The Balaban J connectivity index is 2.43. The molecular weight excluding hydrogens is 270 g/mol. The number of ether oxygens (including phenoxy) is 2. The summed E-state index contributed by atoms with van der Waals surface area (Å²) in [7, 11) is 0. The van der Waals surface area contributed by atoms with Gasteiger partial charge in [-0.05, 0) is 28.1 Å². The highest BCUT2D eigenvalue weighted by Crippen LogP contribution is 2.40. The zero-order chi connectivity index (χ0) is 11.4. The molecule has 1 aliphatic rings. The van der Waals surface area contributed by atoms with E-state index in [1.165, 1.54) is 0 Å². The Labute approximate surface area is 103 Å². The highest BCUT2D eigenvalue weighted by Gasteiger charge is 2.16. The molecule has 0 atom stereocenters. The molecule has 4 heteroatoms. The first-order chi connectivity index (χ1) is 7.83. The molecular formula is C12H14BrNO2. The first kappa shape index (κ1) is 11.5. The van der Waals surface area contributed by atoms with E-state index in [-0.39, 0.29) is 0 Å². The minimum atomic E-state index is 0.520. The SMILES string of the molecule is NC/C=C/c1ccc(Br)c2c1OCCCO2. The van der Waals surface area contributed by atoms with Gasteiger partial charge in [0.15, 0.2) is 11.5 Å². The van der Waals surface area contributed by atoms with Crippen LogP contribution in [0.1, 0.15) is 12.0 Å². The van der Waals surface area contributed by atoms with E-state index in [1.54, 1.807) is 0 Å². The highest BCUT2D eigenvalue weighted by atomic mass is 79.9. The van der Waals surface area contributed by atoms with Crippen molar-refractivity contribution in [3.8, 4) is 11.5 Å². The summed E-state index contributed by atoms with van der Waals surface area (Å²) in [6.07, 6.45) is 4.76. The average Bonchev–Trinajstić information content (AvgIpc) is 2.54. The maximum Gasteiger partial charge on any atom is 0.175 e. The molecule has 0 aliphatic carbocycles. The van der Waals surface area contributed by atoms with Gasteiger partial charge in [-0.25, -0.2) is 0 Å². The molecule has 1 aromatic rings. The van der Waals surface area contributed by atoms with Crippen LogP contribution in [0.5, 0.6) is 11.5 Å². The van der Waals surface area contributed by atoms with Crippen molar-refractivity contribution in [3.63, 3.8) is 0 Å². The van der Waals surface area contributed by atoms with Crippen LogP contribution in [0, 0.1) is 0 Å². The highest BCUT2D eigenvalue weighted by molar-refractivity contribution is 9.10. The molecule has 1 aliphatic heterocycles. The lowest BCUT2D eigenvalue weighted by atomic mass is 10.1. The Hall–Kier alpha value is -1.00. The Morgan fingerprint density at radius 2 is 2.00 bits per heavy atom. The Morgan fingerprint density at radius 1 is 1.25 bits per heavy atom. The first-order valence-electron chi connectivity index (χ1n) is 5.27. The maximum atomic E-state index is 5.71.